The number of hydrogen-bond donors (Lipinski definition) is 0. The van der Waals surface area contributed by atoms with Gasteiger partial charge in [-0.15, -0.1) is 0 Å². The summed E-state index contributed by atoms with van der Waals surface area (Å²) in [6, 6.07) is 17.0. The van der Waals surface area contributed by atoms with E-state index in [0.717, 1.165) is 35.6 Å². The Morgan fingerprint density at radius 1 is 1.10 bits per heavy atom. The lowest BCUT2D eigenvalue weighted by molar-refractivity contribution is -0.144. The zero-order chi connectivity index (χ0) is 21.1. The lowest BCUT2D eigenvalue weighted by atomic mass is 10.1. The quantitative estimate of drug-likeness (QED) is 0.556. The van der Waals surface area contributed by atoms with E-state index in [-0.39, 0.29) is 24.9 Å². The zero-order valence-corrected chi connectivity index (χ0v) is 17.4. The van der Waals surface area contributed by atoms with E-state index < -0.39 is 0 Å². The van der Waals surface area contributed by atoms with Gasteiger partial charge in [-0.1, -0.05) is 41.9 Å². The lowest BCUT2D eigenvalue weighted by Gasteiger charge is -2.15. The Kier molecular flexibility index (Phi) is 5.86. The maximum absolute atomic E-state index is 12.3. The summed E-state index contributed by atoms with van der Waals surface area (Å²) in [5.41, 5.74) is 3.95. The lowest BCUT2D eigenvalue weighted by Crippen LogP contribution is -2.23. The number of hydrogen-bond acceptors (Lipinski definition) is 4. The fraction of sp³-hybridized carbons (Fsp3) is 0.261. The molecule has 0 saturated carbocycles. The molecule has 0 N–H and O–H groups in total. The highest BCUT2D eigenvalue weighted by molar-refractivity contribution is 6.30. The van der Waals surface area contributed by atoms with Crippen LogP contribution in [0.25, 0.3) is 5.69 Å². The van der Waals surface area contributed by atoms with Crippen LogP contribution in [0, 0.1) is 6.92 Å². The highest BCUT2D eigenvalue weighted by atomic mass is 35.5. The Labute approximate surface area is 180 Å². The number of amides is 1. The molecule has 0 atom stereocenters. The van der Waals surface area contributed by atoms with Gasteiger partial charge < -0.3 is 9.64 Å². The average Bonchev–Trinajstić information content (AvgIpc) is 3.30. The number of carbonyl (C=O) groups is 2. The van der Waals surface area contributed by atoms with Crippen molar-refractivity contribution in [3.63, 3.8) is 0 Å². The van der Waals surface area contributed by atoms with Crippen molar-refractivity contribution < 1.29 is 14.3 Å². The van der Waals surface area contributed by atoms with Crippen LogP contribution < -0.4 is 4.90 Å². The SMILES string of the molecule is Cc1nn(-c2ccccc2)c(Cl)c1COC(=O)Cc1ccc(N2CCCC2=O)cc1. The third kappa shape index (κ3) is 4.24. The molecule has 2 heterocycles. The van der Waals surface area contributed by atoms with Gasteiger partial charge in [-0.25, -0.2) is 4.68 Å². The van der Waals surface area contributed by atoms with Crippen LogP contribution in [0.1, 0.15) is 29.7 Å². The fourth-order valence-electron chi connectivity index (χ4n) is 3.52. The van der Waals surface area contributed by atoms with Crippen LogP contribution in [0.2, 0.25) is 5.15 Å². The number of para-hydroxylation sites is 1. The molecule has 0 aliphatic carbocycles. The third-order valence-corrected chi connectivity index (χ3v) is 5.56. The van der Waals surface area contributed by atoms with Crippen molar-refractivity contribution in [2.24, 2.45) is 0 Å². The van der Waals surface area contributed by atoms with Gasteiger partial charge in [-0.2, -0.15) is 5.10 Å². The van der Waals surface area contributed by atoms with Crippen LogP contribution in [0.5, 0.6) is 0 Å². The van der Waals surface area contributed by atoms with E-state index >= 15 is 0 Å². The smallest absolute Gasteiger partial charge is 0.310 e. The molecule has 0 radical (unpaired) electrons. The molecule has 1 amide bonds. The number of aryl methyl sites for hydroxylation is 1. The highest BCUT2D eigenvalue weighted by Gasteiger charge is 2.21. The molecule has 0 unspecified atom stereocenters. The Morgan fingerprint density at radius 3 is 2.50 bits per heavy atom. The molecule has 3 aromatic rings. The van der Waals surface area contributed by atoms with Crippen molar-refractivity contribution in [1.29, 1.82) is 0 Å². The van der Waals surface area contributed by atoms with E-state index in [2.05, 4.69) is 5.10 Å². The molecule has 1 aromatic heterocycles. The number of anilines is 1. The first-order valence-corrected chi connectivity index (χ1v) is 10.2. The van der Waals surface area contributed by atoms with Gasteiger partial charge in [0, 0.05) is 24.2 Å². The summed E-state index contributed by atoms with van der Waals surface area (Å²) in [4.78, 5) is 25.9. The fourth-order valence-corrected chi connectivity index (χ4v) is 3.85. The summed E-state index contributed by atoms with van der Waals surface area (Å²) < 4.78 is 7.09. The predicted octanol–water partition coefficient (Wildman–Crippen LogP) is 4.25. The summed E-state index contributed by atoms with van der Waals surface area (Å²) >= 11 is 6.48. The second-order valence-electron chi connectivity index (χ2n) is 7.25. The van der Waals surface area contributed by atoms with E-state index in [1.807, 2.05) is 61.5 Å². The molecule has 0 bridgehead atoms. The number of halogens is 1. The number of esters is 1. The van der Waals surface area contributed by atoms with Crippen LogP contribution in [0.4, 0.5) is 5.69 Å². The molecule has 1 aliphatic rings. The minimum Gasteiger partial charge on any atom is -0.460 e. The number of aromatic nitrogens is 2. The second kappa shape index (κ2) is 8.71. The van der Waals surface area contributed by atoms with Gasteiger partial charge in [0.25, 0.3) is 0 Å². The molecular formula is C23H22ClN3O3. The van der Waals surface area contributed by atoms with Gasteiger partial charge in [0.1, 0.15) is 11.8 Å². The van der Waals surface area contributed by atoms with Crippen LogP contribution >= 0.6 is 11.6 Å². The maximum Gasteiger partial charge on any atom is 0.310 e. The van der Waals surface area contributed by atoms with Crippen molar-refractivity contribution in [3.05, 3.63) is 76.6 Å². The average molecular weight is 424 g/mol. The molecule has 1 saturated heterocycles. The molecule has 4 rings (SSSR count). The van der Waals surface area contributed by atoms with E-state index in [1.165, 1.54) is 0 Å². The van der Waals surface area contributed by atoms with Crippen molar-refractivity contribution >= 4 is 29.2 Å². The first-order chi connectivity index (χ1) is 14.5. The number of nitrogens with zero attached hydrogens (tertiary/aromatic N) is 3. The normalized spacial score (nSPS) is 13.7. The monoisotopic (exact) mass is 423 g/mol. The number of carbonyl (C=O) groups excluding carboxylic acids is 2. The molecule has 1 aliphatic heterocycles. The van der Waals surface area contributed by atoms with Crippen LogP contribution in [-0.4, -0.2) is 28.2 Å². The number of ether oxygens (including phenoxy) is 1. The van der Waals surface area contributed by atoms with E-state index in [4.69, 9.17) is 16.3 Å². The molecule has 0 spiro atoms. The standard InChI is InChI=1S/C23H22ClN3O3/c1-16-20(23(24)27(25-16)19-6-3-2-4-7-19)15-30-22(29)14-17-9-11-18(12-10-17)26-13-5-8-21(26)28/h2-4,6-7,9-12H,5,8,13-15H2,1H3. The minimum atomic E-state index is -0.345. The van der Waals surface area contributed by atoms with Gasteiger partial charge in [0.15, 0.2) is 0 Å². The predicted molar refractivity (Wildman–Crippen MR) is 115 cm³/mol. The molecule has 1 fully saturated rings. The molecule has 154 valence electrons. The van der Waals surface area contributed by atoms with Crippen molar-refractivity contribution in [3.8, 4) is 5.69 Å². The van der Waals surface area contributed by atoms with Gasteiger partial charge in [-0.05, 0) is 43.2 Å². The largest absolute Gasteiger partial charge is 0.460 e. The van der Waals surface area contributed by atoms with E-state index in [9.17, 15) is 9.59 Å². The highest BCUT2D eigenvalue weighted by Crippen LogP contribution is 2.25. The topological polar surface area (TPSA) is 64.4 Å². The summed E-state index contributed by atoms with van der Waals surface area (Å²) in [6.45, 7) is 2.65. The van der Waals surface area contributed by atoms with Crippen molar-refractivity contribution in [1.82, 2.24) is 9.78 Å². The first kappa shape index (κ1) is 20.2. The van der Waals surface area contributed by atoms with Crippen LogP contribution in [0.15, 0.2) is 54.6 Å². The minimum absolute atomic E-state index is 0.0662. The van der Waals surface area contributed by atoms with Crippen LogP contribution in [0.3, 0.4) is 0 Å². The number of benzene rings is 2. The van der Waals surface area contributed by atoms with Gasteiger partial charge in [0.2, 0.25) is 5.91 Å². The molecular weight excluding hydrogens is 402 g/mol. The van der Waals surface area contributed by atoms with E-state index in [1.54, 1.807) is 9.58 Å². The molecule has 7 heteroatoms. The third-order valence-electron chi connectivity index (χ3n) is 5.17. The van der Waals surface area contributed by atoms with Gasteiger partial charge in [-0.3, -0.25) is 9.59 Å². The van der Waals surface area contributed by atoms with Crippen molar-refractivity contribution in [2.45, 2.75) is 32.8 Å². The summed E-state index contributed by atoms with van der Waals surface area (Å²) in [5, 5.41) is 4.89. The van der Waals surface area contributed by atoms with Gasteiger partial charge in [0.05, 0.1) is 17.8 Å². The zero-order valence-electron chi connectivity index (χ0n) is 16.7. The summed E-state index contributed by atoms with van der Waals surface area (Å²) in [7, 11) is 0. The Bertz CT molecular complexity index is 1060. The Hall–Kier alpha value is -3.12. The Morgan fingerprint density at radius 2 is 1.83 bits per heavy atom. The second-order valence-corrected chi connectivity index (χ2v) is 7.61. The molecule has 30 heavy (non-hydrogen) atoms. The number of rotatable bonds is 6. The van der Waals surface area contributed by atoms with Crippen LogP contribution in [-0.2, 0) is 27.4 Å². The first-order valence-electron chi connectivity index (χ1n) is 9.87. The van der Waals surface area contributed by atoms with Crippen molar-refractivity contribution in [2.75, 3.05) is 11.4 Å². The summed E-state index contributed by atoms with van der Waals surface area (Å²) in [6.07, 6.45) is 1.63. The van der Waals surface area contributed by atoms with E-state index in [0.29, 0.717) is 17.1 Å². The maximum atomic E-state index is 12.3. The van der Waals surface area contributed by atoms with Gasteiger partial charge >= 0.3 is 5.97 Å². The molecule has 6 nitrogen and oxygen atoms in total. The molecule has 2 aromatic carbocycles. The Balaban J connectivity index is 1.37. The summed E-state index contributed by atoms with van der Waals surface area (Å²) in [5.74, 6) is -0.201.